The van der Waals surface area contributed by atoms with Gasteiger partial charge < -0.3 is 9.05 Å². The van der Waals surface area contributed by atoms with Crippen molar-refractivity contribution < 1.29 is 9.05 Å². The summed E-state index contributed by atoms with van der Waals surface area (Å²) in [6.45, 7) is 5.77. The van der Waals surface area contributed by atoms with E-state index in [1.165, 1.54) is 12.8 Å². The minimum atomic E-state index is 0.146. The number of benzene rings is 1. The van der Waals surface area contributed by atoms with Gasteiger partial charge in [-0.3, -0.25) is 4.90 Å². The lowest BCUT2D eigenvalue weighted by Gasteiger charge is -2.33. The standard InChI is InChI=1S/C19H22N4O2/c1-13-16(14(2)24-21-13)12-23-11-7-6-10-17(23)19-20-18(22-25-19)15-8-4-3-5-9-15/h3-5,8-9,17H,6-7,10-12H2,1-2H3/t17-/m0/s1. The van der Waals surface area contributed by atoms with Crippen LogP contribution in [0.3, 0.4) is 0 Å². The highest BCUT2D eigenvalue weighted by Crippen LogP contribution is 2.33. The fourth-order valence-electron chi connectivity index (χ4n) is 3.47. The van der Waals surface area contributed by atoms with Crippen molar-refractivity contribution >= 4 is 0 Å². The first-order valence-electron chi connectivity index (χ1n) is 8.77. The molecule has 3 heterocycles. The molecule has 0 spiro atoms. The van der Waals surface area contributed by atoms with Gasteiger partial charge >= 0.3 is 0 Å². The zero-order valence-corrected chi connectivity index (χ0v) is 14.6. The molecule has 1 aliphatic rings. The second-order valence-corrected chi connectivity index (χ2v) is 6.61. The van der Waals surface area contributed by atoms with E-state index in [-0.39, 0.29) is 6.04 Å². The predicted octanol–water partition coefficient (Wildman–Crippen LogP) is 4.07. The highest BCUT2D eigenvalue weighted by atomic mass is 16.5. The van der Waals surface area contributed by atoms with Gasteiger partial charge in [0.15, 0.2) is 0 Å². The van der Waals surface area contributed by atoms with Crippen LogP contribution in [-0.2, 0) is 6.54 Å². The van der Waals surface area contributed by atoms with Crippen molar-refractivity contribution in [2.45, 2.75) is 45.7 Å². The summed E-state index contributed by atoms with van der Waals surface area (Å²) in [7, 11) is 0. The molecule has 1 aromatic carbocycles. The van der Waals surface area contributed by atoms with Gasteiger partial charge in [0.05, 0.1) is 11.7 Å². The first-order chi connectivity index (χ1) is 12.2. The summed E-state index contributed by atoms with van der Waals surface area (Å²) in [6.07, 6.45) is 3.38. The average molecular weight is 338 g/mol. The number of hydrogen-bond acceptors (Lipinski definition) is 6. The summed E-state index contributed by atoms with van der Waals surface area (Å²) >= 11 is 0. The summed E-state index contributed by atoms with van der Waals surface area (Å²) < 4.78 is 10.9. The molecule has 2 aromatic heterocycles. The van der Waals surface area contributed by atoms with E-state index in [4.69, 9.17) is 9.05 Å². The topological polar surface area (TPSA) is 68.2 Å². The lowest BCUT2D eigenvalue weighted by Crippen LogP contribution is -2.33. The maximum atomic E-state index is 5.63. The number of aromatic nitrogens is 3. The van der Waals surface area contributed by atoms with Crippen LogP contribution in [0, 0.1) is 13.8 Å². The molecule has 0 N–H and O–H groups in total. The second-order valence-electron chi connectivity index (χ2n) is 6.61. The fourth-order valence-corrected chi connectivity index (χ4v) is 3.47. The van der Waals surface area contributed by atoms with Crippen LogP contribution in [0.2, 0.25) is 0 Å². The van der Waals surface area contributed by atoms with Crippen molar-refractivity contribution in [1.29, 1.82) is 0 Å². The van der Waals surface area contributed by atoms with Gasteiger partial charge in [-0.15, -0.1) is 0 Å². The molecular formula is C19H22N4O2. The van der Waals surface area contributed by atoms with E-state index < -0.39 is 0 Å². The van der Waals surface area contributed by atoms with Gasteiger partial charge in [0.2, 0.25) is 11.7 Å². The van der Waals surface area contributed by atoms with Crippen molar-refractivity contribution in [3.63, 3.8) is 0 Å². The molecule has 0 unspecified atom stereocenters. The second kappa shape index (κ2) is 6.80. The number of nitrogens with zero attached hydrogens (tertiary/aromatic N) is 4. The van der Waals surface area contributed by atoms with Crippen molar-refractivity contribution in [3.8, 4) is 11.4 Å². The molecule has 0 saturated carbocycles. The summed E-state index contributed by atoms with van der Waals surface area (Å²) in [5.41, 5.74) is 3.10. The molecule has 130 valence electrons. The quantitative estimate of drug-likeness (QED) is 0.714. The highest BCUT2D eigenvalue weighted by Gasteiger charge is 2.30. The number of rotatable bonds is 4. The van der Waals surface area contributed by atoms with Gasteiger partial charge in [-0.05, 0) is 33.2 Å². The smallest absolute Gasteiger partial charge is 0.244 e. The summed E-state index contributed by atoms with van der Waals surface area (Å²) in [4.78, 5) is 7.07. The molecule has 0 bridgehead atoms. The molecule has 1 saturated heterocycles. The third-order valence-electron chi connectivity index (χ3n) is 4.91. The maximum absolute atomic E-state index is 5.63. The van der Waals surface area contributed by atoms with Gasteiger partial charge in [-0.2, -0.15) is 4.98 Å². The highest BCUT2D eigenvalue weighted by molar-refractivity contribution is 5.53. The minimum Gasteiger partial charge on any atom is -0.361 e. The number of hydrogen-bond donors (Lipinski definition) is 0. The molecular weight excluding hydrogens is 316 g/mol. The molecule has 0 aliphatic carbocycles. The van der Waals surface area contributed by atoms with E-state index in [0.717, 1.165) is 42.1 Å². The Balaban J connectivity index is 1.58. The number of aryl methyl sites for hydroxylation is 2. The van der Waals surface area contributed by atoms with E-state index in [2.05, 4.69) is 20.2 Å². The molecule has 1 atom stereocenters. The SMILES string of the molecule is Cc1noc(C)c1CN1CCCC[C@H]1c1nc(-c2ccccc2)no1. The van der Waals surface area contributed by atoms with E-state index >= 15 is 0 Å². The average Bonchev–Trinajstić information content (AvgIpc) is 3.26. The summed E-state index contributed by atoms with van der Waals surface area (Å²) in [6, 6.07) is 10.1. The normalized spacial score (nSPS) is 18.6. The molecule has 0 radical (unpaired) electrons. The van der Waals surface area contributed by atoms with Crippen molar-refractivity contribution in [2.75, 3.05) is 6.54 Å². The van der Waals surface area contributed by atoms with Crippen LogP contribution >= 0.6 is 0 Å². The van der Waals surface area contributed by atoms with Gasteiger partial charge in [0.25, 0.3) is 0 Å². The Labute approximate surface area is 146 Å². The molecule has 6 heteroatoms. The Kier molecular flexibility index (Phi) is 4.36. The summed E-state index contributed by atoms with van der Waals surface area (Å²) in [5.74, 6) is 2.24. The van der Waals surface area contributed by atoms with Crippen molar-refractivity contribution in [2.24, 2.45) is 0 Å². The van der Waals surface area contributed by atoms with E-state index in [0.29, 0.717) is 11.7 Å². The Hall–Kier alpha value is -2.47. The van der Waals surface area contributed by atoms with Crippen LogP contribution in [0.4, 0.5) is 0 Å². The minimum absolute atomic E-state index is 0.146. The molecule has 1 fully saturated rings. The van der Waals surface area contributed by atoms with Gasteiger partial charge in [-0.1, -0.05) is 47.1 Å². The van der Waals surface area contributed by atoms with E-state index in [1.807, 2.05) is 44.2 Å². The van der Waals surface area contributed by atoms with Crippen LogP contribution in [0.25, 0.3) is 11.4 Å². The van der Waals surface area contributed by atoms with E-state index in [9.17, 15) is 0 Å². The molecule has 0 amide bonds. The Bertz CT molecular complexity index is 821. The number of likely N-dealkylation sites (tertiary alicyclic amines) is 1. The number of piperidine rings is 1. The zero-order valence-electron chi connectivity index (χ0n) is 14.6. The lowest BCUT2D eigenvalue weighted by atomic mass is 10.0. The van der Waals surface area contributed by atoms with Crippen LogP contribution in [0.15, 0.2) is 39.4 Å². The van der Waals surface area contributed by atoms with Crippen LogP contribution in [0.5, 0.6) is 0 Å². The zero-order chi connectivity index (χ0) is 17.2. The summed E-state index contributed by atoms with van der Waals surface area (Å²) in [5, 5.41) is 8.25. The maximum Gasteiger partial charge on any atom is 0.244 e. The third kappa shape index (κ3) is 3.22. The first kappa shape index (κ1) is 16.0. The van der Waals surface area contributed by atoms with Crippen LogP contribution in [0.1, 0.15) is 48.2 Å². The predicted molar refractivity (Wildman–Crippen MR) is 92.7 cm³/mol. The fraction of sp³-hybridized carbons (Fsp3) is 0.421. The van der Waals surface area contributed by atoms with Crippen LogP contribution < -0.4 is 0 Å². The third-order valence-corrected chi connectivity index (χ3v) is 4.91. The van der Waals surface area contributed by atoms with Crippen molar-refractivity contribution in [3.05, 3.63) is 53.2 Å². The molecule has 4 rings (SSSR count). The largest absolute Gasteiger partial charge is 0.361 e. The van der Waals surface area contributed by atoms with Crippen LogP contribution in [-0.4, -0.2) is 26.7 Å². The Morgan fingerprint density at radius 2 is 1.92 bits per heavy atom. The lowest BCUT2D eigenvalue weighted by molar-refractivity contribution is 0.111. The van der Waals surface area contributed by atoms with Gasteiger partial charge in [-0.25, -0.2) is 0 Å². The Morgan fingerprint density at radius 3 is 2.68 bits per heavy atom. The Morgan fingerprint density at radius 1 is 1.08 bits per heavy atom. The van der Waals surface area contributed by atoms with Crippen molar-refractivity contribution in [1.82, 2.24) is 20.2 Å². The van der Waals surface area contributed by atoms with Gasteiger partial charge in [0.1, 0.15) is 5.76 Å². The molecule has 3 aromatic rings. The molecule has 1 aliphatic heterocycles. The molecule has 25 heavy (non-hydrogen) atoms. The monoisotopic (exact) mass is 338 g/mol. The van der Waals surface area contributed by atoms with Gasteiger partial charge in [0, 0.05) is 17.7 Å². The van der Waals surface area contributed by atoms with E-state index in [1.54, 1.807) is 0 Å². The molecule has 6 nitrogen and oxygen atoms in total. The first-order valence-corrected chi connectivity index (χ1v) is 8.77.